The van der Waals surface area contributed by atoms with Gasteiger partial charge in [0, 0.05) is 31.7 Å². The van der Waals surface area contributed by atoms with Crippen molar-refractivity contribution in [2.45, 2.75) is 44.9 Å². The first-order chi connectivity index (χ1) is 12.3. The Morgan fingerprint density at radius 3 is 3.00 bits per heavy atom. The van der Waals surface area contributed by atoms with Crippen LogP contribution in [0.1, 0.15) is 27.2 Å². The third-order valence-electron chi connectivity index (χ3n) is 4.59. The molecule has 1 N–H and O–H groups in total. The van der Waals surface area contributed by atoms with Gasteiger partial charge in [-0.1, -0.05) is 11.3 Å². The van der Waals surface area contributed by atoms with Crippen LogP contribution in [0, 0.1) is 9.62 Å². The van der Waals surface area contributed by atoms with Crippen LogP contribution in [0.15, 0.2) is 6.20 Å². The number of fused-ring (bicyclic) bond motifs is 2. The second-order valence-electron chi connectivity index (χ2n) is 7.68. The maximum Gasteiger partial charge on any atom is 0.407 e. The molecule has 2 aromatic rings. The Balaban J connectivity index is 1.46. The average Bonchev–Trinajstić information content (AvgIpc) is 3.21. The summed E-state index contributed by atoms with van der Waals surface area (Å²) >= 11 is 3.81. The summed E-state index contributed by atoms with van der Waals surface area (Å²) in [6, 6.07) is 0.0535. The summed E-state index contributed by atoms with van der Waals surface area (Å²) in [5.41, 5.74) is -0.497. The number of carbonyl (C=O) groups excluding carboxylic acids is 1. The van der Waals surface area contributed by atoms with E-state index in [1.54, 1.807) is 11.3 Å². The minimum Gasteiger partial charge on any atom is -0.444 e. The van der Waals surface area contributed by atoms with Gasteiger partial charge in [-0.25, -0.2) is 9.78 Å². The first kappa shape index (κ1) is 18.2. The Labute approximate surface area is 169 Å². The Morgan fingerprint density at radius 1 is 1.46 bits per heavy atom. The van der Waals surface area contributed by atoms with Crippen LogP contribution in [0.3, 0.4) is 0 Å². The summed E-state index contributed by atoms with van der Waals surface area (Å²) in [7, 11) is 0. The summed E-state index contributed by atoms with van der Waals surface area (Å²) in [4.78, 5) is 19.7. The number of imidazole rings is 1. The summed E-state index contributed by atoms with van der Waals surface area (Å²) < 4.78 is 14.2. The van der Waals surface area contributed by atoms with Crippen molar-refractivity contribution >= 4 is 50.1 Å². The average molecular weight is 491 g/mol. The molecule has 2 saturated heterocycles. The lowest BCUT2D eigenvalue weighted by molar-refractivity contribution is -0.0200. The van der Waals surface area contributed by atoms with E-state index in [1.165, 1.54) is 0 Å². The molecule has 2 aliphatic rings. The molecule has 4 rings (SSSR count). The molecule has 2 aromatic heterocycles. The number of carbonyl (C=O) groups is 1. The molecule has 2 fully saturated rings. The Hall–Kier alpha value is -1.14. The van der Waals surface area contributed by atoms with Gasteiger partial charge in [-0.05, 0) is 49.8 Å². The molecule has 4 heterocycles. The largest absolute Gasteiger partial charge is 0.444 e. The molecule has 0 aliphatic carbocycles. The van der Waals surface area contributed by atoms with Gasteiger partial charge >= 0.3 is 6.09 Å². The minimum atomic E-state index is -0.497. The van der Waals surface area contributed by atoms with Crippen molar-refractivity contribution in [3.8, 4) is 0 Å². The number of hydrogen-bond donors (Lipinski definition) is 1. The van der Waals surface area contributed by atoms with Gasteiger partial charge in [0.2, 0.25) is 10.1 Å². The lowest BCUT2D eigenvalue weighted by Crippen LogP contribution is -2.50. The van der Waals surface area contributed by atoms with Gasteiger partial charge in [-0.15, -0.1) is 5.10 Å². The second-order valence-corrected chi connectivity index (χ2v) is 9.72. The van der Waals surface area contributed by atoms with E-state index in [9.17, 15) is 4.79 Å². The topological polar surface area (TPSA) is 81.0 Å². The fraction of sp³-hybridized carbons (Fsp3) is 0.688. The molecule has 1 amide bonds. The predicted octanol–water partition coefficient (Wildman–Crippen LogP) is 2.51. The van der Waals surface area contributed by atoms with Crippen molar-refractivity contribution in [3.05, 3.63) is 9.90 Å². The molecular weight excluding hydrogens is 469 g/mol. The van der Waals surface area contributed by atoms with Gasteiger partial charge in [0.25, 0.3) is 0 Å². The van der Waals surface area contributed by atoms with Gasteiger partial charge in [-0.2, -0.15) is 4.52 Å². The van der Waals surface area contributed by atoms with E-state index in [2.05, 4.69) is 42.9 Å². The van der Waals surface area contributed by atoms with Gasteiger partial charge in [0.1, 0.15) is 9.30 Å². The van der Waals surface area contributed by atoms with E-state index in [0.717, 1.165) is 33.3 Å². The standard InChI is InChI=1S/C16H22IN5O3S/c1-16(2,3)25-15(23)19-10-4-5-24-11-8-21(7-9(10)11)14-20-22-12(17)6-18-13(22)26-14/h6,9-11H,4-5,7-8H2,1-3H3,(H,19,23)/t9-,10+,11-/m1/s1. The number of halogens is 1. The van der Waals surface area contributed by atoms with Crippen molar-refractivity contribution in [2.24, 2.45) is 5.92 Å². The number of nitrogens with zero attached hydrogens (tertiary/aromatic N) is 4. The molecule has 0 aromatic carbocycles. The van der Waals surface area contributed by atoms with Crippen molar-refractivity contribution in [1.29, 1.82) is 0 Å². The quantitative estimate of drug-likeness (QED) is 0.651. The molecular formula is C16H22IN5O3S. The molecule has 26 heavy (non-hydrogen) atoms. The van der Waals surface area contributed by atoms with Crippen LogP contribution in [0.2, 0.25) is 0 Å². The van der Waals surface area contributed by atoms with Crippen LogP contribution in [-0.2, 0) is 9.47 Å². The highest BCUT2D eigenvalue weighted by atomic mass is 127. The maximum atomic E-state index is 12.2. The number of alkyl carbamates (subject to hydrolysis) is 1. The Bertz CT molecular complexity index is 817. The van der Waals surface area contributed by atoms with E-state index >= 15 is 0 Å². The highest BCUT2D eigenvalue weighted by Crippen LogP contribution is 2.34. The number of amides is 1. The fourth-order valence-electron chi connectivity index (χ4n) is 3.50. The van der Waals surface area contributed by atoms with Crippen LogP contribution >= 0.6 is 33.9 Å². The van der Waals surface area contributed by atoms with E-state index in [4.69, 9.17) is 9.47 Å². The zero-order chi connectivity index (χ0) is 18.5. The summed E-state index contributed by atoms with van der Waals surface area (Å²) in [5.74, 6) is 0.228. The van der Waals surface area contributed by atoms with Gasteiger partial charge in [0.05, 0.1) is 12.3 Å². The van der Waals surface area contributed by atoms with E-state index < -0.39 is 5.60 Å². The van der Waals surface area contributed by atoms with Crippen LogP contribution < -0.4 is 10.2 Å². The van der Waals surface area contributed by atoms with Crippen LogP contribution in [0.4, 0.5) is 9.93 Å². The molecule has 0 saturated carbocycles. The van der Waals surface area contributed by atoms with E-state index in [1.807, 2.05) is 31.5 Å². The molecule has 0 radical (unpaired) electrons. The normalized spacial score (nSPS) is 26.2. The SMILES string of the molecule is CC(C)(C)OC(=O)N[C@H]1CCO[C@@H]2CN(c3nn4c(I)cnc4s3)C[C@H]12. The summed E-state index contributed by atoms with van der Waals surface area (Å²) in [6.45, 7) is 7.85. The Morgan fingerprint density at radius 2 is 2.27 bits per heavy atom. The smallest absolute Gasteiger partial charge is 0.407 e. The number of nitrogens with one attached hydrogen (secondary N) is 1. The Kier molecular flexibility index (Phi) is 4.76. The van der Waals surface area contributed by atoms with Crippen LogP contribution in [0.25, 0.3) is 4.96 Å². The molecule has 2 aliphatic heterocycles. The lowest BCUT2D eigenvalue weighted by Gasteiger charge is -2.33. The zero-order valence-corrected chi connectivity index (χ0v) is 17.9. The molecule has 3 atom stereocenters. The summed E-state index contributed by atoms with van der Waals surface area (Å²) in [5, 5.41) is 8.66. The zero-order valence-electron chi connectivity index (χ0n) is 14.9. The molecule has 10 heteroatoms. The first-order valence-electron chi connectivity index (χ1n) is 8.66. The number of rotatable bonds is 2. The fourth-order valence-corrected chi connectivity index (χ4v) is 5.04. The van der Waals surface area contributed by atoms with Crippen molar-refractivity contribution in [1.82, 2.24) is 19.9 Å². The minimum absolute atomic E-state index is 0.0535. The van der Waals surface area contributed by atoms with Crippen LogP contribution in [0.5, 0.6) is 0 Å². The molecule has 0 bridgehead atoms. The van der Waals surface area contributed by atoms with Gasteiger partial charge < -0.3 is 19.7 Å². The molecule has 0 unspecified atom stereocenters. The van der Waals surface area contributed by atoms with Crippen molar-refractivity contribution in [2.75, 3.05) is 24.6 Å². The first-order valence-corrected chi connectivity index (χ1v) is 10.6. The second kappa shape index (κ2) is 6.79. The predicted molar refractivity (Wildman–Crippen MR) is 107 cm³/mol. The third kappa shape index (κ3) is 3.63. The number of aromatic nitrogens is 3. The number of hydrogen-bond acceptors (Lipinski definition) is 7. The van der Waals surface area contributed by atoms with E-state index in [-0.39, 0.29) is 24.2 Å². The van der Waals surface area contributed by atoms with Crippen molar-refractivity contribution in [3.63, 3.8) is 0 Å². The van der Waals surface area contributed by atoms with Gasteiger partial charge in [-0.3, -0.25) is 0 Å². The van der Waals surface area contributed by atoms with Crippen molar-refractivity contribution < 1.29 is 14.3 Å². The van der Waals surface area contributed by atoms with Gasteiger partial charge in [0.15, 0.2) is 0 Å². The summed E-state index contributed by atoms with van der Waals surface area (Å²) in [6.07, 6.45) is 2.35. The number of ether oxygens (including phenoxy) is 2. The molecule has 142 valence electrons. The highest BCUT2D eigenvalue weighted by Gasteiger charge is 2.43. The third-order valence-corrected chi connectivity index (χ3v) is 6.31. The highest BCUT2D eigenvalue weighted by molar-refractivity contribution is 14.1. The van der Waals surface area contributed by atoms with E-state index in [0.29, 0.717) is 6.61 Å². The molecule has 8 nitrogen and oxygen atoms in total. The monoisotopic (exact) mass is 491 g/mol. The lowest BCUT2D eigenvalue weighted by atomic mass is 9.92. The maximum absolute atomic E-state index is 12.2. The number of anilines is 1. The van der Waals surface area contributed by atoms with Crippen LogP contribution in [-0.4, -0.2) is 58.1 Å². The molecule has 0 spiro atoms.